The van der Waals surface area contributed by atoms with Gasteiger partial charge in [-0.05, 0) is 23.8 Å². The number of hydrogen-bond acceptors (Lipinski definition) is 5. The van der Waals surface area contributed by atoms with Crippen LogP contribution >= 0.6 is 11.3 Å². The van der Waals surface area contributed by atoms with Crippen LogP contribution in [0.25, 0.3) is 10.8 Å². The summed E-state index contributed by atoms with van der Waals surface area (Å²) < 4.78 is 5.53. The Morgan fingerprint density at radius 2 is 2.30 bits per heavy atom. The molecule has 2 heterocycles. The number of nitrogens with zero attached hydrogens (tertiary/aromatic N) is 2. The first-order chi connectivity index (χ1) is 9.65. The summed E-state index contributed by atoms with van der Waals surface area (Å²) in [5.74, 6) is 1.66. The molecule has 0 radical (unpaired) electrons. The molecule has 0 spiro atoms. The van der Waals surface area contributed by atoms with Crippen molar-refractivity contribution in [1.82, 2.24) is 15.5 Å². The second-order valence-corrected chi connectivity index (χ2v) is 5.96. The molecule has 2 aromatic rings. The van der Waals surface area contributed by atoms with Crippen molar-refractivity contribution in [2.75, 3.05) is 6.54 Å². The minimum absolute atomic E-state index is 0.0292. The van der Waals surface area contributed by atoms with Gasteiger partial charge in [-0.2, -0.15) is 0 Å². The Morgan fingerprint density at radius 1 is 1.45 bits per heavy atom. The monoisotopic (exact) mass is 293 g/mol. The van der Waals surface area contributed by atoms with Crippen molar-refractivity contribution in [3.63, 3.8) is 0 Å². The molecule has 0 atom stereocenters. The Morgan fingerprint density at radius 3 is 3.00 bits per heavy atom. The molecule has 0 aliphatic carbocycles. The van der Waals surface area contributed by atoms with E-state index in [2.05, 4.69) is 29.4 Å². The summed E-state index contributed by atoms with van der Waals surface area (Å²) in [6.45, 7) is 4.99. The highest BCUT2D eigenvalue weighted by Gasteiger charge is 2.10. The van der Waals surface area contributed by atoms with Crippen LogP contribution in [0, 0.1) is 5.92 Å². The molecule has 2 rings (SSSR count). The summed E-state index contributed by atoms with van der Waals surface area (Å²) >= 11 is 1.55. The largest absolute Gasteiger partial charge is 0.420 e. The molecule has 0 aliphatic rings. The molecule has 1 N–H and O–H groups in total. The fourth-order valence-electron chi connectivity index (χ4n) is 1.66. The molecule has 5 nitrogen and oxygen atoms in total. The lowest BCUT2D eigenvalue weighted by atomic mass is 10.1. The van der Waals surface area contributed by atoms with Gasteiger partial charge in [-0.15, -0.1) is 21.5 Å². The zero-order chi connectivity index (χ0) is 14.4. The molecule has 108 valence electrons. The van der Waals surface area contributed by atoms with Crippen LogP contribution < -0.4 is 5.32 Å². The van der Waals surface area contributed by atoms with E-state index < -0.39 is 0 Å². The van der Waals surface area contributed by atoms with Crippen LogP contribution in [0.5, 0.6) is 0 Å². The van der Waals surface area contributed by atoms with Crippen LogP contribution in [-0.2, 0) is 11.2 Å². The maximum absolute atomic E-state index is 11.6. The van der Waals surface area contributed by atoms with Gasteiger partial charge in [0.05, 0.1) is 4.88 Å². The van der Waals surface area contributed by atoms with Gasteiger partial charge in [-0.1, -0.05) is 19.9 Å². The minimum Gasteiger partial charge on any atom is -0.420 e. The normalized spacial score (nSPS) is 10.9. The Bertz CT molecular complexity index is 534. The van der Waals surface area contributed by atoms with Crippen LogP contribution in [0.3, 0.4) is 0 Å². The summed E-state index contributed by atoms with van der Waals surface area (Å²) in [7, 11) is 0. The lowest BCUT2D eigenvalue weighted by molar-refractivity contribution is -0.121. The molecule has 0 aliphatic heterocycles. The maximum atomic E-state index is 11.6. The number of carbonyl (C=O) groups is 1. The second kappa shape index (κ2) is 7.19. The highest BCUT2D eigenvalue weighted by molar-refractivity contribution is 7.13. The number of nitrogens with one attached hydrogen (secondary N) is 1. The van der Waals surface area contributed by atoms with Crippen molar-refractivity contribution in [1.29, 1.82) is 0 Å². The van der Waals surface area contributed by atoms with Crippen molar-refractivity contribution in [3.8, 4) is 10.8 Å². The molecule has 0 saturated heterocycles. The number of rotatable bonds is 7. The Hall–Kier alpha value is -1.69. The third-order valence-corrected chi connectivity index (χ3v) is 3.67. The summed E-state index contributed by atoms with van der Waals surface area (Å²) in [5, 5.41) is 12.8. The highest BCUT2D eigenvalue weighted by atomic mass is 32.1. The number of hydrogen-bond donors (Lipinski definition) is 1. The van der Waals surface area contributed by atoms with Gasteiger partial charge in [0.2, 0.25) is 11.8 Å². The van der Waals surface area contributed by atoms with E-state index in [9.17, 15) is 4.79 Å². The van der Waals surface area contributed by atoms with E-state index >= 15 is 0 Å². The average molecular weight is 293 g/mol. The van der Waals surface area contributed by atoms with Crippen molar-refractivity contribution < 1.29 is 9.21 Å². The molecule has 0 aromatic carbocycles. The van der Waals surface area contributed by atoms with E-state index in [0.717, 1.165) is 17.8 Å². The van der Waals surface area contributed by atoms with Gasteiger partial charge >= 0.3 is 0 Å². The number of carbonyl (C=O) groups excluding carboxylic acids is 1. The zero-order valence-electron chi connectivity index (χ0n) is 11.8. The molecule has 0 unspecified atom stereocenters. The van der Waals surface area contributed by atoms with Crippen LogP contribution in [0.1, 0.15) is 32.6 Å². The van der Waals surface area contributed by atoms with Crippen molar-refractivity contribution in [2.24, 2.45) is 5.92 Å². The van der Waals surface area contributed by atoms with E-state index in [1.807, 2.05) is 17.5 Å². The molecular formula is C14H19N3O2S. The SMILES string of the molecule is CC(C)CCNC(=O)CCc1nnc(-c2cccs2)o1. The minimum atomic E-state index is 0.0292. The Kier molecular flexibility index (Phi) is 5.29. The van der Waals surface area contributed by atoms with Crippen molar-refractivity contribution in [2.45, 2.75) is 33.1 Å². The van der Waals surface area contributed by atoms with Crippen LogP contribution in [-0.4, -0.2) is 22.6 Å². The summed E-state index contributed by atoms with van der Waals surface area (Å²) in [5.41, 5.74) is 0. The van der Waals surface area contributed by atoms with Gasteiger partial charge in [0.25, 0.3) is 5.89 Å². The molecule has 6 heteroatoms. The number of thiophene rings is 1. The van der Waals surface area contributed by atoms with E-state index in [-0.39, 0.29) is 5.91 Å². The summed E-state index contributed by atoms with van der Waals surface area (Å²) in [4.78, 5) is 12.6. The Labute approximate surface area is 122 Å². The predicted molar refractivity (Wildman–Crippen MR) is 78.4 cm³/mol. The third kappa shape index (κ3) is 4.45. The van der Waals surface area contributed by atoms with Crippen LogP contribution in [0.15, 0.2) is 21.9 Å². The third-order valence-electron chi connectivity index (χ3n) is 2.81. The van der Waals surface area contributed by atoms with Crippen LogP contribution in [0.4, 0.5) is 0 Å². The van der Waals surface area contributed by atoms with E-state index in [1.54, 1.807) is 11.3 Å². The zero-order valence-corrected chi connectivity index (χ0v) is 12.6. The quantitative estimate of drug-likeness (QED) is 0.852. The van der Waals surface area contributed by atoms with Gasteiger partial charge in [0.1, 0.15) is 0 Å². The molecule has 0 bridgehead atoms. The van der Waals surface area contributed by atoms with E-state index in [4.69, 9.17) is 4.42 Å². The van der Waals surface area contributed by atoms with E-state index in [1.165, 1.54) is 0 Å². The second-order valence-electron chi connectivity index (χ2n) is 5.01. The van der Waals surface area contributed by atoms with Gasteiger partial charge in [-0.3, -0.25) is 4.79 Å². The number of aryl methyl sites for hydroxylation is 1. The fourth-order valence-corrected chi connectivity index (χ4v) is 2.31. The number of amides is 1. The lowest BCUT2D eigenvalue weighted by Crippen LogP contribution is -2.25. The topological polar surface area (TPSA) is 68.0 Å². The highest BCUT2D eigenvalue weighted by Crippen LogP contribution is 2.23. The Balaban J connectivity index is 1.75. The van der Waals surface area contributed by atoms with Crippen LogP contribution in [0.2, 0.25) is 0 Å². The molecule has 20 heavy (non-hydrogen) atoms. The molecular weight excluding hydrogens is 274 g/mol. The van der Waals surface area contributed by atoms with Crippen molar-refractivity contribution in [3.05, 3.63) is 23.4 Å². The first kappa shape index (κ1) is 14.7. The average Bonchev–Trinajstić information content (AvgIpc) is 3.06. The molecule has 2 aromatic heterocycles. The number of aromatic nitrogens is 2. The molecule has 0 saturated carbocycles. The maximum Gasteiger partial charge on any atom is 0.257 e. The summed E-state index contributed by atoms with van der Waals surface area (Å²) in [6.07, 6.45) is 1.85. The first-order valence-electron chi connectivity index (χ1n) is 6.78. The smallest absolute Gasteiger partial charge is 0.257 e. The van der Waals surface area contributed by atoms with Crippen molar-refractivity contribution >= 4 is 17.2 Å². The predicted octanol–water partition coefficient (Wildman–Crippen LogP) is 2.89. The van der Waals surface area contributed by atoms with E-state index in [0.29, 0.717) is 30.5 Å². The molecule has 0 fully saturated rings. The first-order valence-corrected chi connectivity index (χ1v) is 7.66. The molecule has 1 amide bonds. The summed E-state index contributed by atoms with van der Waals surface area (Å²) in [6, 6.07) is 3.87. The standard InChI is InChI=1S/C14H19N3O2S/c1-10(2)7-8-15-12(18)5-6-13-16-17-14(19-13)11-4-3-9-20-11/h3-4,9-10H,5-8H2,1-2H3,(H,15,18). The van der Waals surface area contributed by atoms with Gasteiger partial charge in [0, 0.05) is 19.4 Å². The lowest BCUT2D eigenvalue weighted by Gasteiger charge is -2.06. The fraction of sp³-hybridized carbons (Fsp3) is 0.500. The van der Waals surface area contributed by atoms with Gasteiger partial charge in [0.15, 0.2) is 0 Å². The van der Waals surface area contributed by atoms with Gasteiger partial charge in [-0.25, -0.2) is 0 Å². The van der Waals surface area contributed by atoms with Gasteiger partial charge < -0.3 is 9.73 Å².